The lowest BCUT2D eigenvalue weighted by Gasteiger charge is -2.34. The van der Waals surface area contributed by atoms with Crippen LogP contribution in [0.15, 0.2) is 12.2 Å². The molecule has 4 bridgehead atoms. The molecule has 0 unspecified atom stereocenters. The molecule has 1 saturated heterocycles. The van der Waals surface area contributed by atoms with E-state index in [-0.39, 0.29) is 0 Å². The maximum atomic E-state index is 6.19. The zero-order valence-corrected chi connectivity index (χ0v) is 13.3. The van der Waals surface area contributed by atoms with Gasteiger partial charge < -0.3 is 9.30 Å². The van der Waals surface area contributed by atoms with Gasteiger partial charge in [-0.05, 0) is 51.4 Å². The van der Waals surface area contributed by atoms with E-state index in [9.17, 15) is 0 Å². The van der Waals surface area contributed by atoms with Gasteiger partial charge in [0.2, 0.25) is 0 Å². The van der Waals surface area contributed by atoms with Crippen LogP contribution in [0.25, 0.3) is 12.2 Å². The van der Waals surface area contributed by atoms with Crippen LogP contribution in [-0.4, -0.2) is 17.3 Å². The molecule has 0 saturated carbocycles. The predicted octanol–water partition coefficient (Wildman–Crippen LogP) is 4.37. The summed E-state index contributed by atoms with van der Waals surface area (Å²) in [4.78, 5) is 0. The number of hydrogen-bond donors (Lipinski definition) is 0. The molecule has 116 valence electrons. The van der Waals surface area contributed by atoms with Crippen LogP contribution < -0.4 is 0 Å². The number of fused-ring (bicyclic) bond motifs is 2. The summed E-state index contributed by atoms with van der Waals surface area (Å²) in [6, 6.07) is 0. The van der Waals surface area contributed by atoms with Crippen LogP contribution in [0.3, 0.4) is 0 Å². The van der Waals surface area contributed by atoms with Gasteiger partial charge in [0.15, 0.2) is 0 Å². The average Bonchev–Trinajstić information content (AvgIpc) is 3.00. The first-order valence-corrected chi connectivity index (χ1v) is 9.06. The van der Waals surface area contributed by atoms with Gasteiger partial charge in [0.1, 0.15) is 0 Å². The first-order valence-electron chi connectivity index (χ1n) is 9.06. The second-order valence-corrected chi connectivity index (χ2v) is 7.55. The molecule has 5 rings (SSSR count). The molecule has 0 aromatic carbocycles. The van der Waals surface area contributed by atoms with Crippen molar-refractivity contribution in [2.45, 2.75) is 64.0 Å². The Hall–Kier alpha value is -1.28. The molecule has 0 N–H and O–H groups in total. The highest BCUT2D eigenvalue weighted by molar-refractivity contribution is 5.71. The summed E-state index contributed by atoms with van der Waals surface area (Å²) in [5, 5.41) is 0. The quantitative estimate of drug-likeness (QED) is 0.693. The minimum Gasteiger partial charge on any atom is -0.378 e. The lowest BCUT2D eigenvalue weighted by molar-refractivity contribution is 0.0329. The number of allylic oxidation sites excluding steroid dienone is 2. The number of hydrogen-bond acceptors (Lipinski definition) is 1. The van der Waals surface area contributed by atoms with E-state index in [1.165, 1.54) is 69.0 Å². The molecule has 1 spiro atoms. The van der Waals surface area contributed by atoms with Crippen LogP contribution >= 0.6 is 0 Å². The maximum Gasteiger partial charge on any atom is 0.0652 e. The summed E-state index contributed by atoms with van der Waals surface area (Å²) in [6.07, 6.45) is 20.0. The van der Waals surface area contributed by atoms with E-state index in [4.69, 9.17) is 4.74 Å². The van der Waals surface area contributed by atoms with Gasteiger partial charge in [-0.3, -0.25) is 0 Å². The Morgan fingerprint density at radius 1 is 1.00 bits per heavy atom. The first kappa shape index (κ1) is 13.2. The van der Waals surface area contributed by atoms with Crippen molar-refractivity contribution in [2.75, 3.05) is 6.61 Å². The van der Waals surface area contributed by atoms with Crippen molar-refractivity contribution in [3.63, 3.8) is 0 Å². The Morgan fingerprint density at radius 3 is 2.73 bits per heavy atom. The Kier molecular flexibility index (Phi) is 2.91. The van der Waals surface area contributed by atoms with Crippen LogP contribution in [0.1, 0.15) is 61.0 Å². The van der Waals surface area contributed by atoms with Crippen LogP contribution in [0.4, 0.5) is 0 Å². The smallest absolute Gasteiger partial charge is 0.0652 e. The molecule has 1 aromatic heterocycles. The van der Waals surface area contributed by atoms with E-state index in [0.717, 1.165) is 6.61 Å². The normalized spacial score (nSPS) is 34.1. The van der Waals surface area contributed by atoms with Crippen molar-refractivity contribution in [3.8, 4) is 0 Å². The monoisotopic (exact) mass is 295 g/mol. The summed E-state index contributed by atoms with van der Waals surface area (Å²) in [6.45, 7) is 2.18. The molecule has 1 fully saturated rings. The van der Waals surface area contributed by atoms with E-state index in [0.29, 0.717) is 11.5 Å². The standard InChI is InChI=1S/C20H25NO/c1-2-6-16-15-7-3-4-8-17(15)21-14-20(11-5-1)12-13-22-19(20)10-9-18(16)21/h2-3,6-7,19H,1,4-5,8-14H2/b6-2-/t19-,20-/m1/s1. The van der Waals surface area contributed by atoms with Gasteiger partial charge in [-0.25, -0.2) is 0 Å². The van der Waals surface area contributed by atoms with Crippen molar-refractivity contribution in [2.24, 2.45) is 5.41 Å². The summed E-state index contributed by atoms with van der Waals surface area (Å²) in [5.74, 6) is 0. The SMILES string of the molecule is C1=Cc2c3c4n(c2CC1)C[C@@]1(CCC/C=C\3)CCO[C@@H]1CC4. The van der Waals surface area contributed by atoms with E-state index in [1.54, 1.807) is 11.4 Å². The minimum atomic E-state index is 0.404. The highest BCUT2D eigenvalue weighted by atomic mass is 16.5. The Bertz CT molecular complexity index is 666. The molecule has 0 radical (unpaired) electrons. The van der Waals surface area contributed by atoms with Crippen molar-refractivity contribution >= 4 is 12.2 Å². The molecule has 22 heavy (non-hydrogen) atoms. The minimum absolute atomic E-state index is 0.404. The van der Waals surface area contributed by atoms with E-state index >= 15 is 0 Å². The molecule has 4 heterocycles. The van der Waals surface area contributed by atoms with E-state index in [1.807, 2.05) is 0 Å². The van der Waals surface area contributed by atoms with E-state index in [2.05, 4.69) is 28.9 Å². The summed E-state index contributed by atoms with van der Waals surface area (Å²) in [7, 11) is 0. The number of ether oxygens (including phenoxy) is 1. The maximum absolute atomic E-state index is 6.19. The summed E-state index contributed by atoms with van der Waals surface area (Å²) in [5.41, 5.74) is 6.63. The zero-order valence-electron chi connectivity index (χ0n) is 13.3. The topological polar surface area (TPSA) is 14.2 Å². The van der Waals surface area contributed by atoms with Crippen molar-refractivity contribution in [1.82, 2.24) is 4.57 Å². The van der Waals surface area contributed by atoms with Crippen LogP contribution in [0.2, 0.25) is 0 Å². The van der Waals surface area contributed by atoms with Gasteiger partial charge in [0, 0.05) is 41.1 Å². The third kappa shape index (κ3) is 1.76. The van der Waals surface area contributed by atoms with Crippen molar-refractivity contribution < 1.29 is 4.74 Å². The largest absolute Gasteiger partial charge is 0.378 e. The third-order valence-corrected chi connectivity index (χ3v) is 6.44. The van der Waals surface area contributed by atoms with Crippen LogP contribution in [-0.2, 0) is 24.1 Å². The molecule has 2 nitrogen and oxygen atoms in total. The molecule has 3 aliphatic heterocycles. The Balaban J connectivity index is 1.74. The van der Waals surface area contributed by atoms with Gasteiger partial charge >= 0.3 is 0 Å². The summed E-state index contributed by atoms with van der Waals surface area (Å²) >= 11 is 0. The molecular formula is C20H25NO. The fourth-order valence-electron chi connectivity index (χ4n) is 5.32. The molecule has 0 amide bonds. The second kappa shape index (κ2) is 4.86. The number of nitrogens with zero attached hydrogens (tertiary/aromatic N) is 1. The predicted molar refractivity (Wildman–Crippen MR) is 89.8 cm³/mol. The van der Waals surface area contributed by atoms with Gasteiger partial charge in [0.05, 0.1) is 6.10 Å². The molecule has 1 aliphatic carbocycles. The first-order chi connectivity index (χ1) is 10.9. The Labute approximate surface area is 132 Å². The van der Waals surface area contributed by atoms with Crippen molar-refractivity contribution in [3.05, 3.63) is 34.7 Å². The average molecular weight is 295 g/mol. The second-order valence-electron chi connectivity index (χ2n) is 7.55. The molecular weight excluding hydrogens is 270 g/mol. The zero-order chi connectivity index (χ0) is 14.6. The van der Waals surface area contributed by atoms with Crippen LogP contribution in [0.5, 0.6) is 0 Å². The highest BCUT2D eigenvalue weighted by Crippen LogP contribution is 2.47. The highest BCUT2D eigenvalue weighted by Gasteiger charge is 2.46. The van der Waals surface area contributed by atoms with Gasteiger partial charge in [-0.2, -0.15) is 0 Å². The molecule has 4 aliphatic rings. The van der Waals surface area contributed by atoms with Crippen LogP contribution in [0, 0.1) is 5.41 Å². The third-order valence-electron chi connectivity index (χ3n) is 6.44. The van der Waals surface area contributed by atoms with Gasteiger partial charge in [-0.15, -0.1) is 0 Å². The number of rotatable bonds is 0. The fourth-order valence-corrected chi connectivity index (χ4v) is 5.32. The van der Waals surface area contributed by atoms with Crippen molar-refractivity contribution in [1.29, 1.82) is 0 Å². The summed E-state index contributed by atoms with van der Waals surface area (Å²) < 4.78 is 8.92. The molecule has 2 atom stereocenters. The number of aromatic nitrogens is 1. The van der Waals surface area contributed by atoms with Gasteiger partial charge in [0.25, 0.3) is 0 Å². The Morgan fingerprint density at radius 2 is 1.82 bits per heavy atom. The molecule has 2 heteroatoms. The molecule has 1 aromatic rings. The fraction of sp³-hybridized carbons (Fsp3) is 0.600. The van der Waals surface area contributed by atoms with Gasteiger partial charge in [-0.1, -0.05) is 24.3 Å². The lowest BCUT2D eigenvalue weighted by atomic mass is 9.75. The van der Waals surface area contributed by atoms with E-state index < -0.39 is 0 Å². The lowest BCUT2D eigenvalue weighted by Crippen LogP contribution is -2.34.